The summed E-state index contributed by atoms with van der Waals surface area (Å²) in [6.07, 6.45) is 9.00. The van der Waals surface area contributed by atoms with Gasteiger partial charge in [-0.3, -0.25) is 4.98 Å². The molecule has 0 amide bonds. The average Bonchev–Trinajstić information content (AvgIpc) is 2.65. The predicted molar refractivity (Wildman–Crippen MR) is 67.5 cm³/mol. The van der Waals surface area contributed by atoms with Gasteiger partial charge in [-0.1, -0.05) is 25.7 Å². The molecule has 0 spiro atoms. The van der Waals surface area contributed by atoms with Crippen LogP contribution in [0.25, 0.3) is 0 Å². The van der Waals surface area contributed by atoms with Gasteiger partial charge in [0.1, 0.15) is 0 Å². The fourth-order valence-electron chi connectivity index (χ4n) is 2.35. The van der Waals surface area contributed by atoms with Gasteiger partial charge in [-0.05, 0) is 25.0 Å². The van der Waals surface area contributed by atoms with Crippen LogP contribution in [0.1, 0.15) is 54.6 Å². The molecule has 0 unspecified atom stereocenters. The summed E-state index contributed by atoms with van der Waals surface area (Å²) in [5, 5.41) is 9.05. The largest absolute Gasteiger partial charge is 0.478 e. The molecule has 1 saturated carbocycles. The molecule has 1 aromatic rings. The van der Waals surface area contributed by atoms with Crippen molar-refractivity contribution in [2.75, 3.05) is 0 Å². The first-order valence-electron chi connectivity index (χ1n) is 6.56. The van der Waals surface area contributed by atoms with E-state index >= 15 is 0 Å². The number of aromatic carboxylic acids is 1. The standard InChI is InChI=1S/C14H19NO3/c16-14(17)12-8-5-9-15-13(12)10-18-11-6-3-1-2-4-7-11/h5,8-9,11H,1-4,6-7,10H2,(H,16,17). The highest BCUT2D eigenvalue weighted by Crippen LogP contribution is 2.21. The van der Waals surface area contributed by atoms with E-state index in [1.54, 1.807) is 18.3 Å². The van der Waals surface area contributed by atoms with Crippen molar-refractivity contribution < 1.29 is 14.6 Å². The smallest absolute Gasteiger partial charge is 0.337 e. The first kappa shape index (κ1) is 13.0. The lowest BCUT2D eigenvalue weighted by Gasteiger charge is -2.15. The Hall–Kier alpha value is -1.42. The zero-order valence-corrected chi connectivity index (χ0v) is 10.5. The van der Waals surface area contributed by atoms with Crippen molar-refractivity contribution in [2.45, 2.75) is 51.2 Å². The second kappa shape index (κ2) is 6.50. The van der Waals surface area contributed by atoms with Crippen molar-refractivity contribution >= 4 is 5.97 Å². The van der Waals surface area contributed by atoms with Crippen LogP contribution in [0.3, 0.4) is 0 Å². The Morgan fingerprint density at radius 1 is 1.33 bits per heavy atom. The van der Waals surface area contributed by atoms with Gasteiger partial charge in [0.15, 0.2) is 0 Å². The third-order valence-electron chi connectivity index (χ3n) is 3.38. The molecule has 4 nitrogen and oxygen atoms in total. The highest BCUT2D eigenvalue weighted by atomic mass is 16.5. The molecule has 0 radical (unpaired) electrons. The number of pyridine rings is 1. The van der Waals surface area contributed by atoms with Gasteiger partial charge in [0.25, 0.3) is 0 Å². The average molecular weight is 249 g/mol. The number of carboxylic acids is 1. The summed E-state index contributed by atoms with van der Waals surface area (Å²) >= 11 is 0. The summed E-state index contributed by atoms with van der Waals surface area (Å²) < 4.78 is 5.81. The lowest BCUT2D eigenvalue weighted by molar-refractivity contribution is 0.0282. The Morgan fingerprint density at radius 2 is 2.06 bits per heavy atom. The van der Waals surface area contributed by atoms with Crippen LogP contribution < -0.4 is 0 Å². The van der Waals surface area contributed by atoms with E-state index in [9.17, 15) is 4.79 Å². The summed E-state index contributed by atoms with van der Waals surface area (Å²) in [7, 11) is 0. The molecular weight excluding hydrogens is 230 g/mol. The minimum absolute atomic E-state index is 0.242. The van der Waals surface area contributed by atoms with Crippen LogP contribution in [-0.2, 0) is 11.3 Å². The number of hydrogen-bond donors (Lipinski definition) is 1. The molecule has 0 aliphatic heterocycles. The quantitative estimate of drug-likeness (QED) is 0.833. The van der Waals surface area contributed by atoms with E-state index in [2.05, 4.69) is 4.98 Å². The Bertz CT molecular complexity index is 398. The van der Waals surface area contributed by atoms with Crippen LogP contribution in [0, 0.1) is 0 Å². The second-order valence-corrected chi connectivity index (χ2v) is 4.73. The van der Waals surface area contributed by atoms with Crippen molar-refractivity contribution in [3.05, 3.63) is 29.6 Å². The summed E-state index contributed by atoms with van der Waals surface area (Å²) in [6, 6.07) is 3.21. The lowest BCUT2D eigenvalue weighted by Crippen LogP contribution is -2.14. The maximum atomic E-state index is 11.0. The van der Waals surface area contributed by atoms with Gasteiger partial charge in [-0.2, -0.15) is 0 Å². The fourth-order valence-corrected chi connectivity index (χ4v) is 2.35. The third-order valence-corrected chi connectivity index (χ3v) is 3.38. The minimum Gasteiger partial charge on any atom is -0.478 e. The Balaban J connectivity index is 1.94. The van der Waals surface area contributed by atoms with Gasteiger partial charge in [0, 0.05) is 6.20 Å². The molecule has 1 fully saturated rings. The van der Waals surface area contributed by atoms with Crippen molar-refractivity contribution in [1.29, 1.82) is 0 Å². The molecule has 1 heterocycles. The molecule has 4 heteroatoms. The molecule has 0 saturated heterocycles. The maximum absolute atomic E-state index is 11.0. The number of ether oxygens (including phenoxy) is 1. The predicted octanol–water partition coefficient (Wildman–Crippen LogP) is 3.02. The first-order valence-corrected chi connectivity index (χ1v) is 6.56. The van der Waals surface area contributed by atoms with Gasteiger partial charge in [-0.15, -0.1) is 0 Å². The number of hydrogen-bond acceptors (Lipinski definition) is 3. The van der Waals surface area contributed by atoms with Crippen molar-refractivity contribution in [1.82, 2.24) is 4.98 Å². The number of carboxylic acid groups (broad SMARTS) is 1. The van der Waals surface area contributed by atoms with Crippen molar-refractivity contribution in [3.63, 3.8) is 0 Å². The van der Waals surface area contributed by atoms with Crippen LogP contribution in [0.4, 0.5) is 0 Å². The summed E-state index contributed by atoms with van der Waals surface area (Å²) in [6.45, 7) is 0.299. The van der Waals surface area contributed by atoms with E-state index < -0.39 is 5.97 Å². The Labute approximate surface area is 107 Å². The van der Waals surface area contributed by atoms with Gasteiger partial charge >= 0.3 is 5.97 Å². The molecule has 1 aliphatic rings. The van der Waals surface area contributed by atoms with E-state index in [-0.39, 0.29) is 11.7 Å². The minimum atomic E-state index is -0.942. The number of aromatic nitrogens is 1. The van der Waals surface area contributed by atoms with Gasteiger partial charge in [0.2, 0.25) is 0 Å². The molecule has 0 atom stereocenters. The van der Waals surface area contributed by atoms with Crippen molar-refractivity contribution in [3.8, 4) is 0 Å². The highest BCUT2D eigenvalue weighted by molar-refractivity contribution is 5.88. The van der Waals surface area contributed by atoms with Crippen LogP contribution in [-0.4, -0.2) is 22.2 Å². The Kier molecular flexibility index (Phi) is 4.70. The second-order valence-electron chi connectivity index (χ2n) is 4.73. The number of carbonyl (C=O) groups is 1. The van der Waals surface area contributed by atoms with Crippen molar-refractivity contribution in [2.24, 2.45) is 0 Å². The Morgan fingerprint density at radius 3 is 2.72 bits per heavy atom. The van der Waals surface area contributed by atoms with Crippen LogP contribution in [0.2, 0.25) is 0 Å². The molecule has 18 heavy (non-hydrogen) atoms. The van der Waals surface area contributed by atoms with E-state index in [0.717, 1.165) is 12.8 Å². The number of rotatable bonds is 4. The number of nitrogens with zero attached hydrogens (tertiary/aromatic N) is 1. The van der Waals surface area contributed by atoms with Crippen LogP contribution in [0.15, 0.2) is 18.3 Å². The summed E-state index contributed by atoms with van der Waals surface area (Å²) in [5.74, 6) is -0.942. The molecular formula is C14H19NO3. The molecule has 98 valence electrons. The SMILES string of the molecule is O=C(O)c1cccnc1COC1CCCCCC1. The van der Waals surface area contributed by atoms with Gasteiger partial charge < -0.3 is 9.84 Å². The maximum Gasteiger partial charge on any atom is 0.337 e. The fraction of sp³-hybridized carbons (Fsp3) is 0.571. The summed E-state index contributed by atoms with van der Waals surface area (Å²) in [5.41, 5.74) is 0.764. The normalized spacial score (nSPS) is 17.3. The third kappa shape index (κ3) is 3.53. The molecule has 1 aromatic heterocycles. The van der Waals surface area contributed by atoms with E-state index in [1.165, 1.54) is 25.7 Å². The molecule has 0 aromatic carbocycles. The molecule has 2 rings (SSSR count). The van der Waals surface area contributed by atoms with E-state index in [0.29, 0.717) is 12.3 Å². The van der Waals surface area contributed by atoms with Crippen LogP contribution >= 0.6 is 0 Å². The summed E-state index contributed by atoms with van der Waals surface area (Å²) in [4.78, 5) is 15.1. The highest BCUT2D eigenvalue weighted by Gasteiger charge is 2.15. The van der Waals surface area contributed by atoms with Gasteiger partial charge in [0.05, 0.1) is 24.0 Å². The van der Waals surface area contributed by atoms with Crippen LogP contribution in [0.5, 0.6) is 0 Å². The monoisotopic (exact) mass is 249 g/mol. The van der Waals surface area contributed by atoms with E-state index in [4.69, 9.17) is 9.84 Å². The van der Waals surface area contributed by atoms with E-state index in [1.807, 2.05) is 0 Å². The first-order chi connectivity index (χ1) is 8.77. The molecule has 0 bridgehead atoms. The van der Waals surface area contributed by atoms with Gasteiger partial charge in [-0.25, -0.2) is 4.79 Å². The molecule has 1 N–H and O–H groups in total. The topological polar surface area (TPSA) is 59.4 Å². The lowest BCUT2D eigenvalue weighted by atomic mass is 10.1. The zero-order valence-electron chi connectivity index (χ0n) is 10.5. The zero-order chi connectivity index (χ0) is 12.8. The molecule has 1 aliphatic carbocycles.